The molecule has 0 saturated carbocycles. The third-order valence-corrected chi connectivity index (χ3v) is 3.51. The summed E-state index contributed by atoms with van der Waals surface area (Å²) in [5.74, 6) is -0.0392. The van der Waals surface area contributed by atoms with Crippen molar-refractivity contribution in [3.05, 3.63) is 47.5 Å². The van der Waals surface area contributed by atoms with Crippen molar-refractivity contribution in [3.63, 3.8) is 0 Å². The smallest absolute Gasteiger partial charge is 0.132 e. The minimum atomic E-state index is -0.828. The van der Waals surface area contributed by atoms with E-state index >= 15 is 0 Å². The average Bonchev–Trinajstić information content (AvgIpc) is 2.92. The highest BCUT2D eigenvalue weighted by Crippen LogP contribution is 2.22. The Morgan fingerprint density at radius 3 is 2.71 bits per heavy atom. The molecule has 2 rings (SSSR count). The molecule has 2 atom stereocenters. The van der Waals surface area contributed by atoms with Crippen LogP contribution in [0.15, 0.2) is 30.5 Å². The molecule has 0 radical (unpaired) electrons. The molecule has 1 N–H and O–H groups in total. The van der Waals surface area contributed by atoms with Crippen LogP contribution in [0.5, 0.6) is 5.75 Å². The Bertz CT molecular complexity index is 596. The monoisotopic (exact) mass is 292 g/mol. The third kappa shape index (κ3) is 3.82. The standard InChI is InChI=1S/C16H21FN2O2/c1-4-11(2)19-8-7-13(18-19)10-21-14-5-6-15(12(3)20)16(17)9-14/h5-9,11-12,20H,4,10H2,1-3H3/t11?,12-/m1/s1. The molecule has 0 aliphatic carbocycles. The molecule has 1 aromatic heterocycles. The summed E-state index contributed by atoms with van der Waals surface area (Å²) in [6.45, 7) is 6.02. The lowest BCUT2D eigenvalue weighted by atomic mass is 10.1. The van der Waals surface area contributed by atoms with Gasteiger partial charge in [-0.3, -0.25) is 4.68 Å². The predicted octanol–water partition coefficient (Wildman–Crippen LogP) is 3.63. The lowest BCUT2D eigenvalue weighted by Crippen LogP contribution is -2.06. The van der Waals surface area contributed by atoms with E-state index in [0.717, 1.165) is 12.1 Å². The number of benzene rings is 1. The van der Waals surface area contributed by atoms with E-state index in [0.29, 0.717) is 11.8 Å². The summed E-state index contributed by atoms with van der Waals surface area (Å²) >= 11 is 0. The lowest BCUT2D eigenvalue weighted by Gasteiger charge is -2.10. The van der Waals surface area contributed by atoms with Crippen LogP contribution in [0, 0.1) is 5.82 Å². The first kappa shape index (κ1) is 15.5. The molecule has 0 saturated heterocycles. The van der Waals surface area contributed by atoms with Gasteiger partial charge in [0.15, 0.2) is 0 Å². The summed E-state index contributed by atoms with van der Waals surface area (Å²) in [4.78, 5) is 0. The van der Waals surface area contributed by atoms with Gasteiger partial charge >= 0.3 is 0 Å². The lowest BCUT2D eigenvalue weighted by molar-refractivity contribution is 0.193. The fourth-order valence-electron chi connectivity index (χ4n) is 1.98. The zero-order valence-electron chi connectivity index (χ0n) is 12.6. The van der Waals surface area contributed by atoms with Crippen molar-refractivity contribution < 1.29 is 14.2 Å². The number of halogens is 1. The highest BCUT2D eigenvalue weighted by atomic mass is 19.1. The SMILES string of the molecule is CCC(C)n1ccc(COc2ccc([C@@H](C)O)c(F)c2)n1. The Morgan fingerprint density at radius 2 is 2.10 bits per heavy atom. The van der Waals surface area contributed by atoms with Crippen molar-refractivity contribution in [1.29, 1.82) is 0 Å². The van der Waals surface area contributed by atoms with Crippen LogP contribution in [-0.2, 0) is 6.61 Å². The zero-order chi connectivity index (χ0) is 15.4. The molecule has 0 aliphatic heterocycles. The first-order chi connectivity index (χ1) is 10.0. The molecule has 0 fully saturated rings. The minimum absolute atomic E-state index is 0.267. The van der Waals surface area contributed by atoms with Crippen molar-refractivity contribution in [2.24, 2.45) is 0 Å². The van der Waals surface area contributed by atoms with E-state index in [4.69, 9.17) is 4.74 Å². The van der Waals surface area contributed by atoms with Crippen LogP contribution in [0.1, 0.15) is 50.6 Å². The molecule has 5 heteroatoms. The Hall–Kier alpha value is -1.88. The number of rotatable bonds is 6. The summed E-state index contributed by atoms with van der Waals surface area (Å²) in [7, 11) is 0. The normalized spacial score (nSPS) is 14.0. The van der Waals surface area contributed by atoms with Gasteiger partial charge in [-0.05, 0) is 38.5 Å². The predicted molar refractivity (Wildman–Crippen MR) is 78.6 cm³/mol. The highest BCUT2D eigenvalue weighted by Gasteiger charge is 2.10. The number of aliphatic hydroxyl groups is 1. The fourth-order valence-corrected chi connectivity index (χ4v) is 1.98. The fraction of sp³-hybridized carbons (Fsp3) is 0.438. The molecular formula is C16H21FN2O2. The number of nitrogens with zero attached hydrogens (tertiary/aromatic N) is 2. The maximum atomic E-state index is 13.7. The van der Waals surface area contributed by atoms with Gasteiger partial charge in [0.05, 0.1) is 11.8 Å². The summed E-state index contributed by atoms with van der Waals surface area (Å²) < 4.78 is 21.2. The minimum Gasteiger partial charge on any atom is -0.487 e. The van der Waals surface area contributed by atoms with Crippen molar-refractivity contribution in [3.8, 4) is 5.75 Å². The van der Waals surface area contributed by atoms with E-state index in [-0.39, 0.29) is 12.2 Å². The summed E-state index contributed by atoms with van der Waals surface area (Å²) in [6, 6.07) is 6.71. The summed E-state index contributed by atoms with van der Waals surface area (Å²) in [5, 5.41) is 13.8. The molecule has 0 aliphatic rings. The molecule has 0 amide bonds. The first-order valence-electron chi connectivity index (χ1n) is 7.15. The van der Waals surface area contributed by atoms with Crippen LogP contribution in [0.4, 0.5) is 4.39 Å². The Labute approximate surface area is 124 Å². The van der Waals surface area contributed by atoms with Crippen molar-refractivity contribution in [2.75, 3.05) is 0 Å². The van der Waals surface area contributed by atoms with Gasteiger partial charge in [0.25, 0.3) is 0 Å². The molecule has 114 valence electrons. The van der Waals surface area contributed by atoms with Crippen LogP contribution < -0.4 is 4.74 Å². The number of hydrogen-bond acceptors (Lipinski definition) is 3. The molecule has 1 aromatic carbocycles. The number of hydrogen-bond donors (Lipinski definition) is 1. The van der Waals surface area contributed by atoms with Crippen molar-refractivity contribution in [1.82, 2.24) is 9.78 Å². The Balaban J connectivity index is 2.00. The van der Waals surface area contributed by atoms with Crippen molar-refractivity contribution in [2.45, 2.75) is 45.9 Å². The van der Waals surface area contributed by atoms with E-state index in [1.165, 1.54) is 19.1 Å². The van der Waals surface area contributed by atoms with Gasteiger partial charge in [0.1, 0.15) is 18.2 Å². The van der Waals surface area contributed by atoms with Gasteiger partial charge in [-0.15, -0.1) is 0 Å². The highest BCUT2D eigenvalue weighted by molar-refractivity contribution is 5.30. The second-order valence-corrected chi connectivity index (χ2v) is 5.19. The summed E-state index contributed by atoms with van der Waals surface area (Å²) in [6.07, 6.45) is 2.10. The molecule has 4 nitrogen and oxygen atoms in total. The number of ether oxygens (including phenoxy) is 1. The van der Waals surface area contributed by atoms with E-state index < -0.39 is 11.9 Å². The second kappa shape index (κ2) is 6.72. The number of aliphatic hydroxyl groups excluding tert-OH is 1. The molecule has 2 aromatic rings. The van der Waals surface area contributed by atoms with Gasteiger partial charge in [-0.1, -0.05) is 6.92 Å². The topological polar surface area (TPSA) is 47.3 Å². The van der Waals surface area contributed by atoms with E-state index in [2.05, 4.69) is 18.9 Å². The van der Waals surface area contributed by atoms with Gasteiger partial charge in [-0.2, -0.15) is 5.10 Å². The van der Waals surface area contributed by atoms with Crippen LogP contribution in [-0.4, -0.2) is 14.9 Å². The van der Waals surface area contributed by atoms with Crippen molar-refractivity contribution >= 4 is 0 Å². The van der Waals surface area contributed by atoms with Gasteiger partial charge in [-0.25, -0.2) is 4.39 Å². The summed E-state index contributed by atoms with van der Waals surface area (Å²) in [5.41, 5.74) is 1.07. The first-order valence-corrected chi connectivity index (χ1v) is 7.15. The van der Waals surface area contributed by atoms with Crippen LogP contribution >= 0.6 is 0 Å². The van der Waals surface area contributed by atoms with Crippen LogP contribution in [0.2, 0.25) is 0 Å². The zero-order valence-corrected chi connectivity index (χ0v) is 12.6. The molecule has 21 heavy (non-hydrogen) atoms. The molecule has 1 unspecified atom stereocenters. The van der Waals surface area contributed by atoms with Gasteiger partial charge in [0.2, 0.25) is 0 Å². The molecule has 0 bridgehead atoms. The van der Waals surface area contributed by atoms with E-state index in [1.807, 2.05) is 16.9 Å². The molecule has 0 spiro atoms. The maximum absolute atomic E-state index is 13.7. The van der Waals surface area contributed by atoms with E-state index in [9.17, 15) is 9.50 Å². The quantitative estimate of drug-likeness (QED) is 0.884. The average molecular weight is 292 g/mol. The Morgan fingerprint density at radius 1 is 1.33 bits per heavy atom. The van der Waals surface area contributed by atoms with Crippen LogP contribution in [0.25, 0.3) is 0 Å². The molecular weight excluding hydrogens is 271 g/mol. The van der Waals surface area contributed by atoms with Crippen LogP contribution in [0.3, 0.4) is 0 Å². The Kier molecular flexibility index (Phi) is 4.96. The van der Waals surface area contributed by atoms with Gasteiger partial charge in [0, 0.05) is 23.9 Å². The van der Waals surface area contributed by atoms with Gasteiger partial charge < -0.3 is 9.84 Å². The van der Waals surface area contributed by atoms with E-state index in [1.54, 1.807) is 6.07 Å². The molecule has 1 heterocycles. The maximum Gasteiger partial charge on any atom is 0.132 e. The second-order valence-electron chi connectivity index (χ2n) is 5.19. The third-order valence-electron chi connectivity index (χ3n) is 3.51. The largest absolute Gasteiger partial charge is 0.487 e. The number of aromatic nitrogens is 2.